The number of nitrogens with zero attached hydrogens (tertiary/aromatic N) is 12. The Morgan fingerprint density at radius 2 is 1.06 bits per heavy atom. The van der Waals surface area contributed by atoms with Gasteiger partial charge in [0.2, 0.25) is 11.8 Å². The smallest absolute Gasteiger partial charge is 0.269 e. The average molecular weight is 1310 g/mol. The van der Waals surface area contributed by atoms with Crippen molar-refractivity contribution in [3.05, 3.63) is 144 Å². The molecule has 0 radical (unpaired) electrons. The van der Waals surface area contributed by atoms with Gasteiger partial charge in [0.25, 0.3) is 20.0 Å². The predicted octanol–water partition coefficient (Wildman–Crippen LogP) is 10.3. The summed E-state index contributed by atoms with van der Waals surface area (Å²) >= 11 is 0. The zero-order chi connectivity index (χ0) is 65.1. The van der Waals surface area contributed by atoms with Crippen LogP contribution in [0, 0.1) is 49.2 Å². The van der Waals surface area contributed by atoms with Crippen LogP contribution in [0.25, 0.3) is 44.8 Å². The van der Waals surface area contributed by atoms with Gasteiger partial charge in [-0.2, -0.15) is 0 Å². The Kier molecular flexibility index (Phi) is 18.8. The van der Waals surface area contributed by atoms with E-state index in [0.29, 0.717) is 59.5 Å². The highest BCUT2D eigenvalue weighted by Crippen LogP contribution is 2.40. The van der Waals surface area contributed by atoms with Crippen LogP contribution >= 0.6 is 0 Å². The van der Waals surface area contributed by atoms with E-state index in [1.54, 1.807) is 56.7 Å². The molecule has 26 heteroatoms. The molecule has 4 aliphatic rings. The number of aryl methyl sites for hydroxylation is 2. The van der Waals surface area contributed by atoms with Gasteiger partial charge in [0.1, 0.15) is 35.8 Å². The quantitative estimate of drug-likeness (QED) is 0.0857. The summed E-state index contributed by atoms with van der Waals surface area (Å²) in [6.45, 7) is 7.29. The summed E-state index contributed by atoms with van der Waals surface area (Å²) in [6.07, 6.45) is 19.0. The van der Waals surface area contributed by atoms with E-state index in [2.05, 4.69) is 40.2 Å². The van der Waals surface area contributed by atoms with Gasteiger partial charge >= 0.3 is 0 Å². The van der Waals surface area contributed by atoms with Crippen LogP contribution < -0.4 is 20.5 Å². The molecule has 0 unspecified atom stereocenters. The van der Waals surface area contributed by atoms with Crippen LogP contribution in [0.3, 0.4) is 0 Å². The summed E-state index contributed by atoms with van der Waals surface area (Å²) in [4.78, 5) is 65.4. The van der Waals surface area contributed by atoms with Crippen molar-refractivity contribution in [3.63, 3.8) is 0 Å². The molecule has 22 nitrogen and oxygen atoms in total. The largest absolute Gasteiger partial charge is 0.497 e. The van der Waals surface area contributed by atoms with Crippen LogP contribution in [0.5, 0.6) is 11.5 Å². The number of benzene rings is 3. The van der Waals surface area contributed by atoms with Crippen LogP contribution in [0.4, 0.5) is 20.4 Å². The molecule has 0 spiro atoms. The van der Waals surface area contributed by atoms with Gasteiger partial charge in [0.15, 0.2) is 34.6 Å². The Bertz CT molecular complexity index is 4480. The number of hydrogen-bond donors (Lipinski definition) is 2. The number of nitrogens with two attached hydrogens (primary N) is 1. The topological polar surface area (TPSA) is 278 Å². The third-order valence-electron chi connectivity index (χ3n) is 18.4. The summed E-state index contributed by atoms with van der Waals surface area (Å²) in [5.41, 5.74) is 10.1. The van der Waals surface area contributed by atoms with Gasteiger partial charge in [-0.25, -0.2) is 73.4 Å². The number of anilines is 2. The zero-order valence-corrected chi connectivity index (χ0v) is 54.0. The Morgan fingerprint density at radius 1 is 0.591 bits per heavy atom. The monoisotopic (exact) mass is 1300 g/mol. The number of halogens is 2. The van der Waals surface area contributed by atoms with Crippen molar-refractivity contribution in [2.75, 3.05) is 51.4 Å². The maximum atomic E-state index is 15.5. The van der Waals surface area contributed by atoms with Crippen LogP contribution in [0.2, 0.25) is 0 Å². The van der Waals surface area contributed by atoms with Crippen LogP contribution in [0.1, 0.15) is 105 Å². The standard InChI is InChI=1S/C38H42FN7O5S.C29H32FN7O3S/c1-24-9-13-29(14-10-24)52(48,49)46-22-30(34-36(42-23-43-37(34)46)40-20-27-11-12-28(50-2)19-33(27)51-3)35-41-21-31(39)32(44-35)18-25-7-6-8-26(17-25)38(47)45-15-4-5-16-45;1-18-7-9-21(10-8-18)41(39,40)37-16-22(25-26(31)33-17-34-28(25)37)27-32-15-23(30)24(35-27)14-19-5-4-6-20(13-19)29(38)36-11-2-3-12-36/h9-14,19,21-23,25-26H,4-8,15-18,20H2,1-3H3,(H,40,42,43);7-10,15-17,19-20H,2-6,11-14H2,1H3,(H2,31,33,34)/t25-,26+;19-,20+/m11/s1. The number of carbonyl (C=O) groups is 2. The number of likely N-dealkylation sites (tertiary alicyclic amines) is 2. The van der Waals surface area contributed by atoms with Crippen molar-refractivity contribution in [1.29, 1.82) is 0 Å². The molecule has 6 aromatic heterocycles. The lowest BCUT2D eigenvalue weighted by atomic mass is 9.78. The first-order valence-electron chi connectivity index (χ1n) is 31.6. The summed E-state index contributed by atoms with van der Waals surface area (Å²) in [5.74, 6) is 1.30. The summed E-state index contributed by atoms with van der Waals surface area (Å²) < 4.78 is 99.0. The fraction of sp³-hybridized carbons (Fsp3) is 0.403. The van der Waals surface area contributed by atoms with E-state index in [1.165, 1.54) is 37.2 Å². The molecule has 8 heterocycles. The molecule has 2 amide bonds. The fourth-order valence-corrected chi connectivity index (χ4v) is 16.1. The van der Waals surface area contributed by atoms with E-state index in [-0.39, 0.29) is 97.4 Å². The van der Waals surface area contributed by atoms with E-state index < -0.39 is 31.7 Å². The molecule has 4 atom stereocenters. The molecular formula is C67H74F2N14O8S2. The van der Waals surface area contributed by atoms with Gasteiger partial charge in [-0.15, -0.1) is 0 Å². The lowest BCUT2D eigenvalue weighted by Gasteiger charge is -2.31. The minimum absolute atomic E-state index is 0.0434. The summed E-state index contributed by atoms with van der Waals surface area (Å²) in [5, 5.41) is 3.95. The van der Waals surface area contributed by atoms with Crippen LogP contribution in [0.15, 0.2) is 114 Å². The number of rotatable bonds is 17. The normalized spacial score (nSPS) is 18.6. The number of amides is 2. The van der Waals surface area contributed by atoms with Gasteiger partial charge < -0.3 is 30.3 Å². The maximum Gasteiger partial charge on any atom is 0.269 e. The molecule has 2 aliphatic carbocycles. The lowest BCUT2D eigenvalue weighted by molar-refractivity contribution is -0.136. The lowest BCUT2D eigenvalue weighted by Crippen LogP contribution is -2.36. The minimum Gasteiger partial charge on any atom is -0.497 e. The highest BCUT2D eigenvalue weighted by molar-refractivity contribution is 7.90. The third-order valence-corrected chi connectivity index (χ3v) is 21.7. The first kappa shape index (κ1) is 64.1. The molecule has 93 heavy (non-hydrogen) atoms. The van der Waals surface area contributed by atoms with Gasteiger partial charge in [0, 0.05) is 68.6 Å². The van der Waals surface area contributed by atoms with Crippen LogP contribution in [-0.4, -0.2) is 127 Å². The minimum atomic E-state index is -4.14. The highest BCUT2D eigenvalue weighted by atomic mass is 32.2. The SMILES string of the molecule is COc1ccc(CNc2ncnc3c2c(-c2ncc(F)c(C[C@@H]4CCC[C@H](C(=O)N5CCCC5)C4)n2)cn3S(=O)(=O)c2ccc(C)cc2)c(OC)c1.Cc1ccc(S(=O)(=O)n2cc(-c3ncc(F)c(C[C@@H]4CCC[C@H](C(=O)N5CCCC5)C4)n3)c3c(N)ncnc32)cc1. The molecule has 9 aromatic rings. The molecule has 486 valence electrons. The molecular weight excluding hydrogens is 1230 g/mol. The van der Waals surface area contributed by atoms with E-state index in [9.17, 15) is 26.4 Å². The molecule has 0 bridgehead atoms. The maximum absolute atomic E-state index is 15.5. The number of fused-ring (bicyclic) bond motifs is 2. The number of nitrogen functional groups attached to an aromatic ring is 1. The first-order chi connectivity index (χ1) is 44.9. The molecule has 2 saturated carbocycles. The Morgan fingerprint density at radius 3 is 1.55 bits per heavy atom. The number of aromatic nitrogens is 10. The molecule has 3 N–H and O–H groups in total. The van der Waals surface area contributed by atoms with E-state index in [4.69, 9.17) is 20.2 Å². The second-order valence-electron chi connectivity index (χ2n) is 24.6. The van der Waals surface area contributed by atoms with Crippen molar-refractivity contribution in [2.45, 2.75) is 120 Å². The molecule has 2 saturated heterocycles. The first-order valence-corrected chi connectivity index (χ1v) is 34.4. The van der Waals surface area contributed by atoms with Gasteiger partial charge in [0.05, 0.1) is 69.7 Å². The summed E-state index contributed by atoms with van der Waals surface area (Å²) in [6, 6.07) is 18.5. The molecule has 13 rings (SSSR count). The van der Waals surface area contributed by atoms with Crippen LogP contribution in [-0.2, 0) is 49.0 Å². The average Bonchev–Trinajstić information content (AvgIpc) is 1.61. The number of methoxy groups -OCH3 is 2. The van der Waals surface area contributed by atoms with Gasteiger partial charge in [-0.1, -0.05) is 61.1 Å². The highest BCUT2D eigenvalue weighted by Gasteiger charge is 2.35. The number of nitrogens with one attached hydrogen (secondary N) is 1. The Hall–Kier alpha value is -9.04. The van der Waals surface area contributed by atoms with Crippen molar-refractivity contribution in [3.8, 4) is 34.3 Å². The van der Waals surface area contributed by atoms with Crippen molar-refractivity contribution >= 4 is 65.6 Å². The van der Waals surface area contributed by atoms with E-state index in [1.807, 2.05) is 35.8 Å². The van der Waals surface area contributed by atoms with Crippen molar-refractivity contribution in [2.24, 2.45) is 23.7 Å². The van der Waals surface area contributed by atoms with Crippen molar-refractivity contribution in [1.82, 2.24) is 57.6 Å². The zero-order valence-electron chi connectivity index (χ0n) is 52.3. The second-order valence-corrected chi connectivity index (χ2v) is 28.3. The number of ether oxygens (including phenoxy) is 2. The molecule has 3 aromatic carbocycles. The molecule has 4 fully saturated rings. The van der Waals surface area contributed by atoms with Gasteiger partial charge in [-0.05, 0) is 126 Å². The van der Waals surface area contributed by atoms with Crippen molar-refractivity contribution < 1.29 is 44.7 Å². The number of hydrogen-bond acceptors (Lipinski definition) is 18. The third kappa shape index (κ3) is 13.5. The fourth-order valence-electron chi connectivity index (χ4n) is 13.4. The van der Waals surface area contributed by atoms with Gasteiger partial charge in [-0.3, -0.25) is 9.59 Å². The number of carbonyl (C=O) groups excluding carboxylic acids is 2. The van der Waals surface area contributed by atoms with E-state index in [0.717, 1.165) is 127 Å². The predicted molar refractivity (Wildman–Crippen MR) is 346 cm³/mol. The Labute approximate surface area is 538 Å². The molecule has 2 aliphatic heterocycles. The Balaban J connectivity index is 0.000000184. The summed E-state index contributed by atoms with van der Waals surface area (Å²) in [7, 11) is -5.04. The second kappa shape index (κ2) is 27.3. The van der Waals surface area contributed by atoms with E-state index >= 15 is 8.78 Å².